The van der Waals surface area contributed by atoms with Gasteiger partial charge < -0.3 is 0 Å². The molecule has 10 aromatic rings. The lowest BCUT2D eigenvalue weighted by molar-refractivity contribution is 1.66. The van der Waals surface area contributed by atoms with E-state index in [0.29, 0.717) is 0 Å². The van der Waals surface area contributed by atoms with Crippen LogP contribution in [0.25, 0.3) is 95.6 Å². The highest BCUT2D eigenvalue weighted by molar-refractivity contribution is 7.28. The molecule has 0 nitrogen and oxygen atoms in total. The predicted molar refractivity (Wildman–Crippen MR) is 211 cm³/mol. The lowest BCUT2D eigenvalue weighted by atomic mass is 9.86. The molecule has 0 N–H and O–H groups in total. The summed E-state index contributed by atoms with van der Waals surface area (Å²) in [6.45, 7) is 0. The topological polar surface area (TPSA) is 0 Å². The Morgan fingerprint density at radius 3 is 1.35 bits per heavy atom. The quantitative estimate of drug-likeness (QED) is 0.167. The molecule has 0 atom stereocenters. The van der Waals surface area contributed by atoms with Gasteiger partial charge in [-0.1, -0.05) is 152 Å². The van der Waals surface area contributed by atoms with Crippen molar-refractivity contribution in [2.24, 2.45) is 0 Å². The zero-order valence-electron chi connectivity index (χ0n) is 26.0. The van der Waals surface area contributed by atoms with Gasteiger partial charge in [0.25, 0.3) is 0 Å². The Kier molecular flexibility index (Phi) is 6.33. The Hall–Kier alpha value is -5.54. The van der Waals surface area contributed by atoms with Crippen molar-refractivity contribution in [3.05, 3.63) is 170 Å². The zero-order chi connectivity index (χ0) is 31.6. The van der Waals surface area contributed by atoms with Crippen molar-refractivity contribution in [3.8, 4) is 43.8 Å². The SMILES string of the molecule is c1ccc(-c2sc3ccc4c5cc(-c6c7ccccc7c(-c7ccccc7)c7ccccc67)ccc5sc4c3c2-c2ccccc2)cc1. The lowest BCUT2D eigenvalue weighted by Crippen LogP contribution is -1.90. The van der Waals surface area contributed by atoms with Crippen molar-refractivity contribution in [2.75, 3.05) is 0 Å². The molecule has 0 unspecified atom stereocenters. The zero-order valence-corrected chi connectivity index (χ0v) is 27.6. The Labute approximate surface area is 286 Å². The van der Waals surface area contributed by atoms with Gasteiger partial charge in [-0.2, -0.15) is 0 Å². The molecule has 0 aliphatic heterocycles. The molecule has 0 spiro atoms. The van der Waals surface area contributed by atoms with E-state index in [-0.39, 0.29) is 0 Å². The summed E-state index contributed by atoms with van der Waals surface area (Å²) in [5.41, 5.74) is 8.99. The third-order valence-corrected chi connectivity index (χ3v) is 12.1. The molecule has 2 heterocycles. The molecule has 0 aliphatic rings. The van der Waals surface area contributed by atoms with E-state index in [0.717, 1.165) is 0 Å². The standard InChI is InChI=1S/C46H28S2/c1-4-14-29(15-5-1)41-33-20-10-12-22-35(33)42(36-23-13-11-21-34(36)41)32-24-26-39-38(28-32)37-25-27-40-44(46(37)47-39)43(30-16-6-2-7-17-30)45(48-40)31-18-8-3-9-19-31/h1-28H. The van der Waals surface area contributed by atoms with Gasteiger partial charge in [0.05, 0.1) is 0 Å². The number of benzene rings is 8. The number of thiophene rings is 2. The highest BCUT2D eigenvalue weighted by atomic mass is 32.1. The van der Waals surface area contributed by atoms with Gasteiger partial charge in [-0.3, -0.25) is 0 Å². The first-order valence-corrected chi connectivity index (χ1v) is 18.0. The summed E-state index contributed by atoms with van der Waals surface area (Å²) in [6.07, 6.45) is 0. The van der Waals surface area contributed by atoms with Crippen LogP contribution in [-0.4, -0.2) is 0 Å². The van der Waals surface area contributed by atoms with Crippen LogP contribution in [-0.2, 0) is 0 Å². The average Bonchev–Trinajstić information content (AvgIpc) is 3.73. The molecule has 2 heteroatoms. The smallest absolute Gasteiger partial charge is 0.0448 e. The van der Waals surface area contributed by atoms with Crippen LogP contribution >= 0.6 is 22.7 Å². The van der Waals surface area contributed by atoms with Gasteiger partial charge in [-0.25, -0.2) is 0 Å². The maximum atomic E-state index is 2.45. The number of fused-ring (bicyclic) bond motifs is 7. The molecule has 10 rings (SSSR count). The number of hydrogen-bond donors (Lipinski definition) is 0. The molecule has 0 fully saturated rings. The third kappa shape index (κ3) is 4.20. The first-order chi connectivity index (χ1) is 23.8. The Balaban J connectivity index is 1.26. The van der Waals surface area contributed by atoms with E-state index in [2.05, 4.69) is 170 Å². The summed E-state index contributed by atoms with van der Waals surface area (Å²) in [4.78, 5) is 1.33. The summed E-state index contributed by atoms with van der Waals surface area (Å²) >= 11 is 3.83. The highest BCUT2D eigenvalue weighted by Crippen LogP contribution is 2.51. The Morgan fingerprint density at radius 1 is 0.292 bits per heavy atom. The molecule has 0 aliphatic carbocycles. The van der Waals surface area contributed by atoms with Crippen LogP contribution in [0.3, 0.4) is 0 Å². The maximum Gasteiger partial charge on any atom is 0.0448 e. The highest BCUT2D eigenvalue weighted by Gasteiger charge is 2.21. The molecule has 0 radical (unpaired) electrons. The van der Waals surface area contributed by atoms with E-state index in [1.807, 2.05) is 22.7 Å². The summed E-state index contributed by atoms with van der Waals surface area (Å²) in [5.74, 6) is 0. The molecule has 0 saturated carbocycles. The molecule has 224 valence electrons. The minimum absolute atomic E-state index is 1.25. The largest absolute Gasteiger partial charge is 0.134 e. The van der Waals surface area contributed by atoms with Crippen molar-refractivity contribution in [2.45, 2.75) is 0 Å². The molecule has 2 aromatic heterocycles. The van der Waals surface area contributed by atoms with Crippen molar-refractivity contribution in [1.82, 2.24) is 0 Å². The molecule has 48 heavy (non-hydrogen) atoms. The lowest BCUT2D eigenvalue weighted by Gasteiger charge is -2.17. The molecule has 8 aromatic carbocycles. The van der Waals surface area contributed by atoms with E-state index in [1.165, 1.54) is 95.6 Å². The van der Waals surface area contributed by atoms with E-state index in [9.17, 15) is 0 Å². The first-order valence-electron chi connectivity index (χ1n) is 16.4. The van der Waals surface area contributed by atoms with Gasteiger partial charge in [-0.05, 0) is 73.1 Å². The Bertz CT molecular complexity index is 2750. The van der Waals surface area contributed by atoms with Gasteiger partial charge in [-0.15, -0.1) is 22.7 Å². The first kappa shape index (κ1) is 27.6. The minimum atomic E-state index is 1.25. The third-order valence-electron chi connectivity index (χ3n) is 9.67. The van der Waals surface area contributed by atoms with Gasteiger partial charge in [0, 0.05) is 40.7 Å². The fourth-order valence-electron chi connectivity index (χ4n) is 7.60. The van der Waals surface area contributed by atoms with Crippen molar-refractivity contribution in [1.29, 1.82) is 0 Å². The van der Waals surface area contributed by atoms with Crippen LogP contribution < -0.4 is 0 Å². The normalized spacial score (nSPS) is 11.8. The molecule has 0 amide bonds. The van der Waals surface area contributed by atoms with Gasteiger partial charge in [0.1, 0.15) is 0 Å². The van der Waals surface area contributed by atoms with Crippen molar-refractivity contribution < 1.29 is 0 Å². The van der Waals surface area contributed by atoms with Crippen LogP contribution in [0.1, 0.15) is 0 Å². The second-order valence-electron chi connectivity index (χ2n) is 12.4. The summed E-state index contributed by atoms with van der Waals surface area (Å²) < 4.78 is 4.02. The van der Waals surface area contributed by atoms with E-state index in [1.54, 1.807) is 0 Å². The van der Waals surface area contributed by atoms with Crippen LogP contribution in [0.4, 0.5) is 0 Å². The van der Waals surface area contributed by atoms with Crippen molar-refractivity contribution in [3.63, 3.8) is 0 Å². The van der Waals surface area contributed by atoms with E-state index in [4.69, 9.17) is 0 Å². The van der Waals surface area contributed by atoms with Gasteiger partial charge >= 0.3 is 0 Å². The number of hydrogen-bond acceptors (Lipinski definition) is 2. The number of rotatable bonds is 4. The molecule has 0 bridgehead atoms. The summed E-state index contributed by atoms with van der Waals surface area (Å²) in [7, 11) is 0. The van der Waals surface area contributed by atoms with Crippen molar-refractivity contribution >= 4 is 74.5 Å². The van der Waals surface area contributed by atoms with Crippen LogP contribution in [0.2, 0.25) is 0 Å². The minimum Gasteiger partial charge on any atom is -0.134 e. The Morgan fingerprint density at radius 2 is 0.771 bits per heavy atom. The predicted octanol–water partition coefficient (Wildman–Crippen LogP) is 14.2. The molecular formula is C46H28S2. The van der Waals surface area contributed by atoms with Gasteiger partial charge in [0.15, 0.2) is 0 Å². The fourth-order valence-corrected chi connectivity index (χ4v) is 10.1. The van der Waals surface area contributed by atoms with Gasteiger partial charge in [0.2, 0.25) is 0 Å². The monoisotopic (exact) mass is 644 g/mol. The average molecular weight is 645 g/mol. The van der Waals surface area contributed by atoms with E-state index >= 15 is 0 Å². The van der Waals surface area contributed by atoms with Crippen LogP contribution in [0.5, 0.6) is 0 Å². The second kappa shape index (κ2) is 11.0. The summed E-state index contributed by atoms with van der Waals surface area (Å²) in [5, 5.41) is 9.16. The molecular weight excluding hydrogens is 617 g/mol. The maximum absolute atomic E-state index is 2.45. The second-order valence-corrected chi connectivity index (χ2v) is 14.5. The van der Waals surface area contributed by atoms with E-state index < -0.39 is 0 Å². The molecule has 0 saturated heterocycles. The van der Waals surface area contributed by atoms with Crippen LogP contribution in [0.15, 0.2) is 170 Å². The fraction of sp³-hybridized carbons (Fsp3) is 0. The van der Waals surface area contributed by atoms with Crippen LogP contribution in [0, 0.1) is 0 Å². The summed E-state index contributed by atoms with van der Waals surface area (Å²) in [6, 6.07) is 62.3.